The third-order valence-electron chi connectivity index (χ3n) is 2.91. The molecule has 0 radical (unpaired) electrons. The minimum atomic E-state index is -0.347. The van der Waals surface area contributed by atoms with Gasteiger partial charge in [-0.1, -0.05) is 0 Å². The molecule has 1 aromatic heterocycles. The highest BCUT2D eigenvalue weighted by Crippen LogP contribution is 2.17. The number of fused-ring (bicyclic) bond motifs is 1. The van der Waals surface area contributed by atoms with Gasteiger partial charge >= 0.3 is 0 Å². The first-order chi connectivity index (χ1) is 10.2. The second-order valence-corrected chi connectivity index (χ2v) is 4.46. The fourth-order valence-electron chi connectivity index (χ4n) is 1.90. The number of rotatable bonds is 4. The van der Waals surface area contributed by atoms with Crippen molar-refractivity contribution in [1.29, 1.82) is 0 Å². The molecule has 0 spiro atoms. The topological polar surface area (TPSA) is 67.0 Å². The number of H-pyrrole nitrogens is 1. The Hall–Kier alpha value is -2.89. The average molecular weight is 285 g/mol. The lowest BCUT2D eigenvalue weighted by atomic mass is 10.2. The number of amides is 1. The molecule has 2 N–H and O–H groups in total. The van der Waals surface area contributed by atoms with Crippen LogP contribution in [0, 0.1) is 5.82 Å². The molecule has 0 aliphatic rings. The third kappa shape index (κ3) is 3.17. The number of nitrogens with zero attached hydrogens (tertiary/aromatic N) is 1. The summed E-state index contributed by atoms with van der Waals surface area (Å²) in [7, 11) is 0. The molecule has 6 heteroatoms. The summed E-state index contributed by atoms with van der Waals surface area (Å²) in [4.78, 5) is 11.8. The van der Waals surface area contributed by atoms with Crippen molar-refractivity contribution in [2.75, 3.05) is 11.9 Å². The van der Waals surface area contributed by atoms with Crippen LogP contribution < -0.4 is 10.1 Å². The Labute approximate surface area is 119 Å². The number of benzene rings is 2. The standard InChI is InChI=1S/C15H12FN3O2/c16-11-1-4-13(5-2-11)21-9-15(20)18-12-3-6-14-10(7-12)8-17-19-14/h1-8H,9H2,(H,17,19)(H,18,20). The van der Waals surface area contributed by atoms with E-state index in [9.17, 15) is 9.18 Å². The number of aromatic amines is 1. The van der Waals surface area contributed by atoms with Crippen LogP contribution in [0.5, 0.6) is 5.75 Å². The summed E-state index contributed by atoms with van der Waals surface area (Å²) >= 11 is 0. The van der Waals surface area contributed by atoms with Crippen molar-refractivity contribution in [2.24, 2.45) is 0 Å². The van der Waals surface area contributed by atoms with E-state index in [1.165, 1.54) is 24.3 Å². The monoisotopic (exact) mass is 285 g/mol. The molecule has 0 unspecified atom stereocenters. The Balaban J connectivity index is 1.59. The molecule has 0 aliphatic carbocycles. The summed E-state index contributed by atoms with van der Waals surface area (Å²) in [6.07, 6.45) is 1.68. The maximum atomic E-state index is 12.7. The van der Waals surface area contributed by atoms with Crippen molar-refractivity contribution >= 4 is 22.5 Å². The van der Waals surface area contributed by atoms with Crippen molar-refractivity contribution in [1.82, 2.24) is 10.2 Å². The maximum Gasteiger partial charge on any atom is 0.262 e. The number of carbonyl (C=O) groups is 1. The zero-order valence-corrected chi connectivity index (χ0v) is 11.0. The van der Waals surface area contributed by atoms with Crippen LogP contribution in [0.15, 0.2) is 48.7 Å². The SMILES string of the molecule is O=C(COc1ccc(F)cc1)Nc1ccc2[nH]ncc2c1. The Kier molecular flexibility index (Phi) is 3.51. The van der Waals surface area contributed by atoms with E-state index < -0.39 is 0 Å². The van der Waals surface area contributed by atoms with Crippen LogP contribution >= 0.6 is 0 Å². The lowest BCUT2D eigenvalue weighted by Crippen LogP contribution is -2.20. The molecule has 0 saturated heterocycles. The quantitative estimate of drug-likeness (QED) is 0.774. The average Bonchev–Trinajstić information content (AvgIpc) is 2.94. The largest absolute Gasteiger partial charge is 0.484 e. The van der Waals surface area contributed by atoms with E-state index in [0.29, 0.717) is 11.4 Å². The van der Waals surface area contributed by atoms with Gasteiger partial charge in [0.2, 0.25) is 0 Å². The van der Waals surface area contributed by atoms with Crippen LogP contribution in [-0.4, -0.2) is 22.7 Å². The minimum Gasteiger partial charge on any atom is -0.484 e. The molecule has 0 aliphatic heterocycles. The molecule has 5 nitrogen and oxygen atoms in total. The van der Waals surface area contributed by atoms with Crippen molar-refractivity contribution in [3.63, 3.8) is 0 Å². The molecule has 2 aromatic carbocycles. The Bertz CT molecular complexity index is 768. The predicted octanol–water partition coefficient (Wildman–Crippen LogP) is 2.72. The molecular formula is C15H12FN3O2. The predicted molar refractivity (Wildman–Crippen MR) is 76.6 cm³/mol. The van der Waals surface area contributed by atoms with E-state index in [0.717, 1.165) is 10.9 Å². The summed E-state index contributed by atoms with van der Waals surface area (Å²) in [6, 6.07) is 10.9. The molecule has 0 fully saturated rings. The molecule has 3 rings (SSSR count). The summed E-state index contributed by atoms with van der Waals surface area (Å²) in [5, 5.41) is 10.4. The Morgan fingerprint density at radius 1 is 1.24 bits per heavy atom. The van der Waals surface area contributed by atoms with Gasteiger partial charge in [-0.25, -0.2) is 4.39 Å². The highest BCUT2D eigenvalue weighted by Gasteiger charge is 2.05. The van der Waals surface area contributed by atoms with Crippen molar-refractivity contribution < 1.29 is 13.9 Å². The van der Waals surface area contributed by atoms with Gasteiger partial charge in [0.25, 0.3) is 5.91 Å². The molecule has 0 atom stereocenters. The lowest BCUT2D eigenvalue weighted by Gasteiger charge is -2.07. The Morgan fingerprint density at radius 3 is 2.86 bits per heavy atom. The van der Waals surface area contributed by atoms with Crippen LogP contribution in [0.1, 0.15) is 0 Å². The van der Waals surface area contributed by atoms with Crippen LogP contribution in [0.3, 0.4) is 0 Å². The first-order valence-corrected chi connectivity index (χ1v) is 6.32. The van der Waals surface area contributed by atoms with Gasteiger partial charge in [0.05, 0.1) is 11.7 Å². The second-order valence-electron chi connectivity index (χ2n) is 4.46. The van der Waals surface area contributed by atoms with Crippen LogP contribution in [0.25, 0.3) is 10.9 Å². The van der Waals surface area contributed by atoms with Crippen molar-refractivity contribution in [3.05, 3.63) is 54.5 Å². The summed E-state index contributed by atoms with van der Waals surface area (Å²) in [5.41, 5.74) is 1.56. The van der Waals surface area contributed by atoms with Crippen molar-refractivity contribution in [3.8, 4) is 5.75 Å². The number of hydrogen-bond donors (Lipinski definition) is 2. The minimum absolute atomic E-state index is 0.144. The fraction of sp³-hybridized carbons (Fsp3) is 0.0667. The van der Waals surface area contributed by atoms with Gasteiger partial charge in [0.1, 0.15) is 11.6 Å². The number of halogens is 1. The zero-order chi connectivity index (χ0) is 14.7. The molecule has 0 bridgehead atoms. The van der Waals surface area contributed by atoms with Gasteiger partial charge < -0.3 is 10.1 Å². The second kappa shape index (κ2) is 5.62. The zero-order valence-electron chi connectivity index (χ0n) is 11.0. The van der Waals surface area contributed by atoms with Gasteiger partial charge in [-0.3, -0.25) is 9.89 Å². The van der Waals surface area contributed by atoms with E-state index in [4.69, 9.17) is 4.74 Å². The molecule has 21 heavy (non-hydrogen) atoms. The van der Waals surface area contributed by atoms with E-state index in [2.05, 4.69) is 15.5 Å². The molecule has 106 valence electrons. The maximum absolute atomic E-state index is 12.7. The molecule has 1 heterocycles. The molecule has 3 aromatic rings. The fourth-order valence-corrected chi connectivity index (χ4v) is 1.90. The normalized spacial score (nSPS) is 10.5. The van der Waals surface area contributed by atoms with E-state index >= 15 is 0 Å². The highest BCUT2D eigenvalue weighted by molar-refractivity contribution is 5.94. The molecule has 0 saturated carbocycles. The van der Waals surface area contributed by atoms with E-state index in [-0.39, 0.29) is 18.3 Å². The number of hydrogen-bond acceptors (Lipinski definition) is 3. The van der Waals surface area contributed by atoms with Crippen LogP contribution in [0.4, 0.5) is 10.1 Å². The number of anilines is 1. The van der Waals surface area contributed by atoms with Gasteiger partial charge in [0.15, 0.2) is 6.61 Å². The number of nitrogens with one attached hydrogen (secondary N) is 2. The number of aromatic nitrogens is 2. The first-order valence-electron chi connectivity index (χ1n) is 6.32. The Morgan fingerprint density at radius 2 is 2.05 bits per heavy atom. The summed E-state index contributed by atoms with van der Waals surface area (Å²) < 4.78 is 18.0. The summed E-state index contributed by atoms with van der Waals surface area (Å²) in [5.74, 6) is -0.195. The smallest absolute Gasteiger partial charge is 0.262 e. The molecular weight excluding hydrogens is 273 g/mol. The van der Waals surface area contributed by atoms with E-state index in [1.54, 1.807) is 12.3 Å². The van der Waals surface area contributed by atoms with E-state index in [1.807, 2.05) is 12.1 Å². The first kappa shape index (κ1) is 13.1. The molecule has 1 amide bonds. The number of carbonyl (C=O) groups excluding carboxylic acids is 1. The third-order valence-corrected chi connectivity index (χ3v) is 2.91. The number of ether oxygens (including phenoxy) is 1. The lowest BCUT2D eigenvalue weighted by molar-refractivity contribution is -0.118. The van der Waals surface area contributed by atoms with Crippen molar-refractivity contribution in [2.45, 2.75) is 0 Å². The van der Waals surface area contributed by atoms with Gasteiger partial charge in [-0.05, 0) is 42.5 Å². The van der Waals surface area contributed by atoms with Gasteiger partial charge in [-0.2, -0.15) is 5.10 Å². The summed E-state index contributed by atoms with van der Waals surface area (Å²) in [6.45, 7) is -0.144. The van der Waals surface area contributed by atoms with Gasteiger partial charge in [-0.15, -0.1) is 0 Å². The van der Waals surface area contributed by atoms with Crippen LogP contribution in [0.2, 0.25) is 0 Å². The van der Waals surface area contributed by atoms with Crippen LogP contribution in [-0.2, 0) is 4.79 Å². The van der Waals surface area contributed by atoms with Gasteiger partial charge in [0, 0.05) is 11.1 Å². The highest BCUT2D eigenvalue weighted by atomic mass is 19.1.